The van der Waals surface area contributed by atoms with Crippen molar-refractivity contribution in [2.45, 2.75) is 58.0 Å². The molecule has 2 aromatic rings. The summed E-state index contributed by atoms with van der Waals surface area (Å²) < 4.78 is 5.34. The van der Waals surface area contributed by atoms with E-state index < -0.39 is 0 Å². The van der Waals surface area contributed by atoms with E-state index in [2.05, 4.69) is 50.2 Å². The predicted molar refractivity (Wildman–Crippen MR) is 133 cm³/mol. The van der Waals surface area contributed by atoms with Crippen LogP contribution in [0.3, 0.4) is 0 Å². The van der Waals surface area contributed by atoms with Crippen LogP contribution in [0.25, 0.3) is 5.57 Å². The molecule has 174 valence electrons. The van der Waals surface area contributed by atoms with Gasteiger partial charge in [-0.2, -0.15) is 0 Å². The third-order valence-electron chi connectivity index (χ3n) is 6.78. The lowest BCUT2D eigenvalue weighted by Gasteiger charge is -2.37. The van der Waals surface area contributed by atoms with Crippen LogP contribution in [0, 0.1) is 0 Å². The normalized spacial score (nSPS) is 18.2. The van der Waals surface area contributed by atoms with Crippen molar-refractivity contribution >= 4 is 17.2 Å². The van der Waals surface area contributed by atoms with Crippen LogP contribution >= 0.6 is 0 Å². The molecule has 0 saturated carbocycles. The van der Waals surface area contributed by atoms with Gasteiger partial charge in [-0.3, -0.25) is 4.79 Å². The molecule has 2 aromatic carbocycles. The molecule has 0 aromatic heterocycles. The number of ether oxygens (including phenoxy) is 1. The Labute approximate surface area is 197 Å². The first-order valence-corrected chi connectivity index (χ1v) is 11.7. The van der Waals surface area contributed by atoms with Gasteiger partial charge in [0.25, 0.3) is 5.91 Å². The first kappa shape index (κ1) is 23.1. The molecule has 0 unspecified atom stereocenters. The molecule has 5 heteroatoms. The van der Waals surface area contributed by atoms with Gasteiger partial charge in [-0.1, -0.05) is 68.4 Å². The van der Waals surface area contributed by atoms with E-state index in [1.165, 1.54) is 5.56 Å². The standard InChI is InChI=1S/C28H34N2O3/c1-6-24(20-10-12-22(13-11-20)27(2,3)4)26(31)30-16-14-28(15-17-30)19-25(29-33-28)21-8-7-9-23(18-21)32-5/h6-13,18H,14-17,19H2,1-5H3/b24-6+. The number of benzene rings is 2. The first-order chi connectivity index (χ1) is 15.7. The van der Waals surface area contributed by atoms with Crippen LogP contribution in [0.2, 0.25) is 0 Å². The van der Waals surface area contributed by atoms with E-state index in [1.807, 2.05) is 42.2 Å². The number of carbonyl (C=O) groups is 1. The summed E-state index contributed by atoms with van der Waals surface area (Å²) in [6.07, 6.45) is 4.23. The third-order valence-corrected chi connectivity index (χ3v) is 6.78. The van der Waals surface area contributed by atoms with Gasteiger partial charge in [0.05, 0.1) is 12.8 Å². The van der Waals surface area contributed by atoms with Crippen LogP contribution in [0.15, 0.2) is 59.8 Å². The first-order valence-electron chi connectivity index (χ1n) is 11.7. The van der Waals surface area contributed by atoms with Gasteiger partial charge in [-0.05, 0) is 35.6 Å². The molecule has 0 N–H and O–H groups in total. The summed E-state index contributed by atoms with van der Waals surface area (Å²) >= 11 is 0. The Bertz CT molecular complexity index is 1070. The lowest BCUT2D eigenvalue weighted by Crippen LogP contribution is -2.47. The lowest BCUT2D eigenvalue weighted by atomic mass is 9.84. The maximum absolute atomic E-state index is 13.3. The van der Waals surface area contributed by atoms with Gasteiger partial charge in [0.2, 0.25) is 0 Å². The van der Waals surface area contributed by atoms with Crippen molar-refractivity contribution in [1.29, 1.82) is 0 Å². The quantitative estimate of drug-likeness (QED) is 0.576. The predicted octanol–water partition coefficient (Wildman–Crippen LogP) is 5.58. The molecule has 0 bridgehead atoms. The smallest absolute Gasteiger partial charge is 0.254 e. The number of allylic oxidation sites excluding steroid dienone is 1. The van der Waals surface area contributed by atoms with E-state index in [0.29, 0.717) is 13.1 Å². The Hall–Kier alpha value is -3.08. The lowest BCUT2D eigenvalue weighted by molar-refractivity contribution is -0.130. The van der Waals surface area contributed by atoms with E-state index in [0.717, 1.165) is 47.4 Å². The highest BCUT2D eigenvalue weighted by Crippen LogP contribution is 2.37. The Morgan fingerprint density at radius 1 is 1.12 bits per heavy atom. The van der Waals surface area contributed by atoms with E-state index in [9.17, 15) is 4.79 Å². The molecular weight excluding hydrogens is 412 g/mol. The molecule has 1 saturated heterocycles. The van der Waals surface area contributed by atoms with Crippen molar-refractivity contribution < 1.29 is 14.4 Å². The molecule has 0 aliphatic carbocycles. The molecule has 0 radical (unpaired) electrons. The zero-order valence-electron chi connectivity index (χ0n) is 20.4. The van der Waals surface area contributed by atoms with Gasteiger partial charge in [-0.25, -0.2) is 0 Å². The molecule has 2 aliphatic heterocycles. The van der Waals surface area contributed by atoms with Crippen molar-refractivity contribution in [1.82, 2.24) is 4.90 Å². The SMILES string of the molecule is C/C=C(/C(=O)N1CCC2(CC1)CC(c1cccc(OC)c1)=NO2)c1ccc(C(C)(C)C)cc1. The highest BCUT2D eigenvalue weighted by molar-refractivity contribution is 6.19. The second kappa shape index (κ2) is 9.05. The summed E-state index contributed by atoms with van der Waals surface area (Å²) in [5.41, 5.74) is 4.73. The molecule has 5 nitrogen and oxygen atoms in total. The zero-order valence-corrected chi connectivity index (χ0v) is 20.4. The summed E-state index contributed by atoms with van der Waals surface area (Å²) in [5, 5.41) is 4.40. The number of nitrogens with zero attached hydrogens (tertiary/aromatic N) is 2. The summed E-state index contributed by atoms with van der Waals surface area (Å²) in [6, 6.07) is 16.3. The fourth-order valence-corrected chi connectivity index (χ4v) is 4.60. The zero-order chi connectivity index (χ0) is 23.6. The van der Waals surface area contributed by atoms with Gasteiger partial charge in [0.15, 0.2) is 0 Å². The molecular formula is C28H34N2O3. The van der Waals surface area contributed by atoms with Crippen molar-refractivity contribution in [3.8, 4) is 5.75 Å². The Morgan fingerprint density at radius 3 is 2.42 bits per heavy atom. The minimum Gasteiger partial charge on any atom is -0.497 e. The second-order valence-electron chi connectivity index (χ2n) is 10.0. The number of oxime groups is 1. The maximum Gasteiger partial charge on any atom is 0.254 e. The van der Waals surface area contributed by atoms with Gasteiger partial charge in [0.1, 0.15) is 11.4 Å². The average molecular weight is 447 g/mol. The number of hydrogen-bond acceptors (Lipinski definition) is 4. The largest absolute Gasteiger partial charge is 0.497 e. The average Bonchev–Trinajstić information content (AvgIpc) is 3.23. The van der Waals surface area contributed by atoms with Crippen LogP contribution in [-0.2, 0) is 15.0 Å². The fraction of sp³-hybridized carbons (Fsp3) is 0.429. The number of rotatable bonds is 4. The van der Waals surface area contributed by atoms with Crippen molar-refractivity contribution in [3.05, 3.63) is 71.3 Å². The Morgan fingerprint density at radius 2 is 1.82 bits per heavy atom. The number of carbonyl (C=O) groups excluding carboxylic acids is 1. The van der Waals surface area contributed by atoms with Gasteiger partial charge in [-0.15, -0.1) is 0 Å². The van der Waals surface area contributed by atoms with Crippen molar-refractivity contribution in [3.63, 3.8) is 0 Å². The molecule has 1 fully saturated rings. The van der Waals surface area contributed by atoms with Gasteiger partial charge < -0.3 is 14.5 Å². The summed E-state index contributed by atoms with van der Waals surface area (Å²) in [7, 11) is 1.66. The van der Waals surface area contributed by atoms with Crippen LogP contribution in [0.1, 0.15) is 63.6 Å². The summed E-state index contributed by atoms with van der Waals surface area (Å²) in [5.74, 6) is 0.897. The molecule has 1 amide bonds. The summed E-state index contributed by atoms with van der Waals surface area (Å²) in [6.45, 7) is 9.85. The topological polar surface area (TPSA) is 51.1 Å². The highest BCUT2D eigenvalue weighted by atomic mass is 16.7. The Kier molecular flexibility index (Phi) is 6.33. The summed E-state index contributed by atoms with van der Waals surface area (Å²) in [4.78, 5) is 21.3. The maximum atomic E-state index is 13.3. The van der Waals surface area contributed by atoms with E-state index in [4.69, 9.17) is 9.57 Å². The molecule has 0 atom stereocenters. The molecule has 2 heterocycles. The number of amides is 1. The van der Waals surface area contributed by atoms with E-state index in [1.54, 1.807) is 7.11 Å². The minimum absolute atomic E-state index is 0.0859. The number of likely N-dealkylation sites (tertiary alicyclic amines) is 1. The minimum atomic E-state index is -0.320. The van der Waals surface area contributed by atoms with Gasteiger partial charge in [0, 0.05) is 43.5 Å². The monoisotopic (exact) mass is 446 g/mol. The molecule has 4 rings (SSSR count). The molecule has 33 heavy (non-hydrogen) atoms. The van der Waals surface area contributed by atoms with Gasteiger partial charge >= 0.3 is 0 Å². The van der Waals surface area contributed by atoms with Crippen LogP contribution in [-0.4, -0.2) is 42.3 Å². The van der Waals surface area contributed by atoms with Crippen molar-refractivity contribution in [2.75, 3.05) is 20.2 Å². The molecule has 1 spiro atoms. The van der Waals surface area contributed by atoms with Crippen molar-refractivity contribution in [2.24, 2.45) is 5.16 Å². The highest BCUT2D eigenvalue weighted by Gasteiger charge is 2.43. The van der Waals surface area contributed by atoms with Crippen LogP contribution < -0.4 is 4.74 Å². The van der Waals surface area contributed by atoms with E-state index in [-0.39, 0.29) is 16.9 Å². The van der Waals surface area contributed by atoms with E-state index >= 15 is 0 Å². The molecule has 2 aliphatic rings. The number of hydrogen-bond donors (Lipinski definition) is 0. The fourth-order valence-electron chi connectivity index (χ4n) is 4.60. The van der Waals surface area contributed by atoms with Crippen LogP contribution in [0.5, 0.6) is 5.75 Å². The number of piperidine rings is 1. The van der Waals surface area contributed by atoms with Crippen LogP contribution in [0.4, 0.5) is 0 Å². The second-order valence-corrected chi connectivity index (χ2v) is 10.0. The third kappa shape index (κ3) is 4.82. The number of methoxy groups -OCH3 is 1. The Balaban J connectivity index is 1.40.